The lowest BCUT2D eigenvalue weighted by Gasteiger charge is -2.12. The average Bonchev–Trinajstić information content (AvgIpc) is 2.38. The highest BCUT2D eigenvalue weighted by atomic mass is 35.5. The van der Waals surface area contributed by atoms with Crippen molar-refractivity contribution < 1.29 is 0 Å². The Morgan fingerprint density at radius 3 is 2.55 bits per heavy atom. The smallest absolute Gasteiger partial charge is 0.223 e. The number of anilines is 2. The van der Waals surface area contributed by atoms with Gasteiger partial charge in [-0.2, -0.15) is 9.97 Å². The molecule has 0 spiro atoms. The number of nitrogens with zero attached hydrogens (tertiary/aromatic N) is 3. The lowest BCUT2D eigenvalue weighted by Crippen LogP contribution is -2.15. The molecule has 0 amide bonds. The first-order valence-electron chi connectivity index (χ1n) is 5.61. The maximum Gasteiger partial charge on any atom is 0.223 e. The second kappa shape index (κ2) is 4.22. The van der Waals surface area contributed by atoms with E-state index >= 15 is 0 Å². The third-order valence-electron chi connectivity index (χ3n) is 3.14. The highest BCUT2D eigenvalue weighted by molar-refractivity contribution is 6.45. The molecule has 3 rings (SSSR count). The van der Waals surface area contributed by atoms with E-state index in [9.17, 15) is 4.79 Å². The van der Waals surface area contributed by atoms with Crippen LogP contribution >= 0.6 is 23.2 Å². The van der Waals surface area contributed by atoms with E-state index in [2.05, 4.69) is 9.97 Å². The van der Waals surface area contributed by atoms with Crippen LogP contribution in [-0.2, 0) is 7.05 Å². The minimum atomic E-state index is -0.363. The van der Waals surface area contributed by atoms with Crippen LogP contribution in [-0.4, -0.2) is 14.5 Å². The number of benzene rings is 1. The van der Waals surface area contributed by atoms with Gasteiger partial charge in [-0.15, -0.1) is 0 Å². The molecule has 0 atom stereocenters. The van der Waals surface area contributed by atoms with E-state index in [4.69, 9.17) is 34.7 Å². The molecule has 0 fully saturated rings. The zero-order valence-corrected chi connectivity index (χ0v) is 11.8. The lowest BCUT2D eigenvalue weighted by molar-refractivity contribution is 0.972. The Kier molecular flexibility index (Phi) is 2.74. The molecule has 6 nitrogen and oxygen atoms in total. The fraction of sp³-hybridized carbons (Fsp3) is 0.0833. The number of nitrogens with two attached hydrogens (primary N) is 2. The number of rotatable bonds is 0. The normalized spacial score (nSPS) is 11.3. The molecule has 4 N–H and O–H groups in total. The highest BCUT2D eigenvalue weighted by Crippen LogP contribution is 2.30. The minimum absolute atomic E-state index is 0.00408. The van der Waals surface area contributed by atoms with Crippen molar-refractivity contribution in [2.75, 3.05) is 11.5 Å². The molecule has 0 aliphatic heterocycles. The van der Waals surface area contributed by atoms with E-state index in [1.54, 1.807) is 23.7 Å². The summed E-state index contributed by atoms with van der Waals surface area (Å²) in [6, 6.07) is 3.31. The number of pyridine rings is 1. The van der Waals surface area contributed by atoms with E-state index in [1.165, 1.54) is 0 Å². The third kappa shape index (κ3) is 1.62. The van der Waals surface area contributed by atoms with Gasteiger partial charge < -0.3 is 16.0 Å². The maximum absolute atomic E-state index is 12.6. The van der Waals surface area contributed by atoms with Crippen LogP contribution in [0.4, 0.5) is 11.8 Å². The Bertz CT molecular complexity index is 935. The summed E-state index contributed by atoms with van der Waals surface area (Å²) in [7, 11) is 1.74. The molecular weight excluding hydrogens is 301 g/mol. The monoisotopic (exact) mass is 309 g/mol. The zero-order valence-electron chi connectivity index (χ0n) is 10.3. The van der Waals surface area contributed by atoms with E-state index < -0.39 is 0 Å². The van der Waals surface area contributed by atoms with Crippen LogP contribution in [0.25, 0.3) is 21.9 Å². The van der Waals surface area contributed by atoms with Crippen molar-refractivity contribution in [1.82, 2.24) is 14.5 Å². The highest BCUT2D eigenvalue weighted by Gasteiger charge is 2.17. The molecule has 102 valence electrons. The van der Waals surface area contributed by atoms with Gasteiger partial charge in [0.1, 0.15) is 11.2 Å². The van der Waals surface area contributed by atoms with E-state index in [-0.39, 0.29) is 33.0 Å². The Labute approximate surface area is 122 Å². The molecule has 0 radical (unpaired) electrons. The largest absolute Gasteiger partial charge is 0.383 e. The summed E-state index contributed by atoms with van der Waals surface area (Å²) in [6.45, 7) is 0. The van der Waals surface area contributed by atoms with Crippen molar-refractivity contribution in [3.05, 3.63) is 32.4 Å². The van der Waals surface area contributed by atoms with Gasteiger partial charge in [-0.1, -0.05) is 23.2 Å². The van der Waals surface area contributed by atoms with Gasteiger partial charge in [-0.25, -0.2) is 0 Å². The van der Waals surface area contributed by atoms with Gasteiger partial charge in [0.25, 0.3) is 0 Å². The number of hydrogen-bond donors (Lipinski definition) is 2. The summed E-state index contributed by atoms with van der Waals surface area (Å²) < 4.78 is 1.68. The van der Waals surface area contributed by atoms with Crippen LogP contribution in [0, 0.1) is 0 Å². The van der Waals surface area contributed by atoms with E-state index in [0.717, 1.165) is 0 Å². The van der Waals surface area contributed by atoms with Crippen molar-refractivity contribution in [1.29, 1.82) is 0 Å². The molecule has 0 aliphatic rings. The molecular formula is C12H9Cl2N5O. The van der Waals surface area contributed by atoms with E-state index in [1.807, 2.05) is 0 Å². The van der Waals surface area contributed by atoms with Crippen LogP contribution in [0.5, 0.6) is 0 Å². The summed E-state index contributed by atoms with van der Waals surface area (Å²) in [6.07, 6.45) is 0. The summed E-state index contributed by atoms with van der Waals surface area (Å²) in [4.78, 5) is 20.5. The Morgan fingerprint density at radius 1 is 1.15 bits per heavy atom. The molecule has 0 saturated carbocycles. The maximum atomic E-state index is 12.6. The molecule has 1 aromatic carbocycles. The first-order valence-corrected chi connectivity index (χ1v) is 6.36. The van der Waals surface area contributed by atoms with Gasteiger partial charge in [-0.3, -0.25) is 4.79 Å². The van der Waals surface area contributed by atoms with Gasteiger partial charge in [0.05, 0.1) is 20.9 Å². The summed E-state index contributed by atoms with van der Waals surface area (Å²) in [5.41, 5.74) is 11.9. The van der Waals surface area contributed by atoms with Gasteiger partial charge >= 0.3 is 0 Å². The molecule has 0 aliphatic carbocycles. The minimum Gasteiger partial charge on any atom is -0.383 e. The number of nitrogen functional groups attached to an aromatic ring is 2. The Balaban J connectivity index is 2.73. The zero-order chi connectivity index (χ0) is 14.6. The molecule has 3 aromatic rings. The second-order valence-corrected chi connectivity index (χ2v) is 5.09. The summed E-state index contributed by atoms with van der Waals surface area (Å²) >= 11 is 12.1. The van der Waals surface area contributed by atoms with Gasteiger partial charge in [0, 0.05) is 7.05 Å². The lowest BCUT2D eigenvalue weighted by atomic mass is 10.1. The summed E-state index contributed by atoms with van der Waals surface area (Å²) in [5, 5.41) is 0.945. The molecule has 2 heterocycles. The standard InChI is InChI=1S/C12H9Cl2N5O/c1-19-5-3-2-4(13)8(14)6(5)9(20)7-10(15)17-12(16)18-11(7)19/h2-3H,1H3,(H4,15,16,17,18). The van der Waals surface area contributed by atoms with Crippen molar-refractivity contribution in [2.45, 2.75) is 0 Å². The quantitative estimate of drug-likeness (QED) is 0.618. The molecule has 0 unspecified atom stereocenters. The third-order valence-corrected chi connectivity index (χ3v) is 3.95. The topological polar surface area (TPSA) is 99.8 Å². The number of aromatic nitrogens is 3. The predicted molar refractivity (Wildman–Crippen MR) is 81.1 cm³/mol. The van der Waals surface area contributed by atoms with Gasteiger partial charge in [0.15, 0.2) is 5.65 Å². The molecule has 8 heteroatoms. The van der Waals surface area contributed by atoms with Crippen LogP contribution < -0.4 is 16.9 Å². The van der Waals surface area contributed by atoms with Crippen LogP contribution in [0.15, 0.2) is 16.9 Å². The van der Waals surface area contributed by atoms with Gasteiger partial charge in [-0.05, 0) is 12.1 Å². The van der Waals surface area contributed by atoms with Crippen molar-refractivity contribution in [3.8, 4) is 0 Å². The second-order valence-electron chi connectivity index (χ2n) is 4.31. The van der Waals surface area contributed by atoms with E-state index in [0.29, 0.717) is 16.2 Å². The van der Waals surface area contributed by atoms with Crippen molar-refractivity contribution in [2.24, 2.45) is 7.05 Å². The average molecular weight is 310 g/mol. The number of fused-ring (bicyclic) bond motifs is 2. The number of aryl methyl sites for hydroxylation is 1. The first kappa shape index (κ1) is 13.0. The molecule has 0 saturated heterocycles. The number of halogens is 2. The summed E-state index contributed by atoms with van der Waals surface area (Å²) in [5.74, 6) is 0.0236. The Morgan fingerprint density at radius 2 is 1.85 bits per heavy atom. The predicted octanol–water partition coefficient (Wildman–Crippen LogP) is 1.95. The fourth-order valence-corrected chi connectivity index (χ4v) is 2.62. The van der Waals surface area contributed by atoms with Gasteiger partial charge in [0.2, 0.25) is 11.4 Å². The fourth-order valence-electron chi connectivity index (χ4n) is 2.22. The van der Waals surface area contributed by atoms with Crippen LogP contribution in [0.3, 0.4) is 0 Å². The number of hydrogen-bond acceptors (Lipinski definition) is 5. The molecule has 0 bridgehead atoms. The Hall–Kier alpha value is -2.05. The molecule has 20 heavy (non-hydrogen) atoms. The van der Waals surface area contributed by atoms with Crippen LogP contribution in [0.2, 0.25) is 10.0 Å². The SMILES string of the molecule is Cn1c2ccc(Cl)c(Cl)c2c(=O)c2c(N)nc(N)nc21. The van der Waals surface area contributed by atoms with Crippen LogP contribution in [0.1, 0.15) is 0 Å². The van der Waals surface area contributed by atoms with Crippen molar-refractivity contribution in [3.63, 3.8) is 0 Å². The first-order chi connectivity index (χ1) is 9.41. The molecule has 2 aromatic heterocycles. The van der Waals surface area contributed by atoms with Crippen molar-refractivity contribution >= 4 is 56.9 Å².